The summed E-state index contributed by atoms with van der Waals surface area (Å²) >= 11 is 0. The number of carbonyl (C=O) groups is 1. The lowest BCUT2D eigenvalue weighted by Crippen LogP contribution is -2.53. The molecule has 3 atom stereocenters. The Balaban J connectivity index is 1.52. The summed E-state index contributed by atoms with van der Waals surface area (Å²) in [7, 11) is 0. The van der Waals surface area contributed by atoms with Gasteiger partial charge in [-0.25, -0.2) is 0 Å². The van der Waals surface area contributed by atoms with Crippen molar-refractivity contribution in [2.75, 3.05) is 32.7 Å². The second-order valence-electron chi connectivity index (χ2n) is 8.10. The van der Waals surface area contributed by atoms with Gasteiger partial charge < -0.3 is 15.5 Å². The monoisotopic (exact) mass is 307 g/mol. The van der Waals surface area contributed by atoms with Crippen molar-refractivity contribution in [3.8, 4) is 0 Å². The molecule has 0 aromatic rings. The van der Waals surface area contributed by atoms with Gasteiger partial charge in [0.05, 0.1) is 5.92 Å². The molecular formula is C18H33N3O. The highest BCUT2D eigenvalue weighted by atomic mass is 16.2. The number of nitrogens with zero attached hydrogens (tertiary/aromatic N) is 2. The molecule has 0 aromatic heterocycles. The van der Waals surface area contributed by atoms with Crippen LogP contribution in [0.3, 0.4) is 0 Å². The Bertz CT molecular complexity index is 390. The van der Waals surface area contributed by atoms with E-state index in [1.807, 2.05) is 0 Å². The van der Waals surface area contributed by atoms with E-state index in [-0.39, 0.29) is 11.5 Å². The van der Waals surface area contributed by atoms with Gasteiger partial charge in [0.1, 0.15) is 0 Å². The third-order valence-corrected chi connectivity index (χ3v) is 6.11. The first-order valence-electron chi connectivity index (χ1n) is 9.36. The largest absolute Gasteiger partial charge is 0.342 e. The molecule has 0 aromatic carbocycles. The molecule has 4 heteroatoms. The van der Waals surface area contributed by atoms with Gasteiger partial charge in [-0.05, 0) is 58.0 Å². The molecule has 3 fully saturated rings. The van der Waals surface area contributed by atoms with Gasteiger partial charge in [-0.3, -0.25) is 4.79 Å². The van der Waals surface area contributed by atoms with Crippen molar-refractivity contribution in [1.82, 2.24) is 9.80 Å². The number of hydrogen-bond acceptors (Lipinski definition) is 3. The summed E-state index contributed by atoms with van der Waals surface area (Å²) in [5.74, 6) is 1.07. The number of likely N-dealkylation sites (tertiary alicyclic amines) is 2. The van der Waals surface area contributed by atoms with Crippen molar-refractivity contribution in [1.29, 1.82) is 0 Å². The minimum atomic E-state index is -0.291. The zero-order valence-corrected chi connectivity index (χ0v) is 14.2. The van der Waals surface area contributed by atoms with E-state index in [0.29, 0.717) is 11.8 Å². The van der Waals surface area contributed by atoms with Crippen LogP contribution in [-0.2, 0) is 4.79 Å². The molecule has 0 bridgehead atoms. The Labute approximate surface area is 135 Å². The number of carbonyl (C=O) groups excluding carboxylic acids is 1. The van der Waals surface area contributed by atoms with Crippen molar-refractivity contribution < 1.29 is 4.79 Å². The van der Waals surface area contributed by atoms with Crippen LogP contribution in [-0.4, -0.2) is 54.0 Å². The van der Waals surface area contributed by atoms with Crippen LogP contribution in [0.15, 0.2) is 0 Å². The molecule has 3 rings (SSSR count). The first-order valence-corrected chi connectivity index (χ1v) is 9.36. The molecule has 2 N–H and O–H groups in total. The van der Waals surface area contributed by atoms with E-state index in [2.05, 4.69) is 16.7 Å². The van der Waals surface area contributed by atoms with Crippen molar-refractivity contribution in [3.63, 3.8) is 0 Å². The van der Waals surface area contributed by atoms with E-state index in [9.17, 15) is 4.79 Å². The van der Waals surface area contributed by atoms with Crippen LogP contribution in [0.25, 0.3) is 0 Å². The Morgan fingerprint density at radius 2 is 1.86 bits per heavy atom. The molecule has 1 aliphatic carbocycles. The lowest BCUT2D eigenvalue weighted by Gasteiger charge is -2.39. The zero-order chi connectivity index (χ0) is 15.6. The average Bonchev–Trinajstić information content (AvgIpc) is 2.96. The molecule has 0 radical (unpaired) electrons. The van der Waals surface area contributed by atoms with Gasteiger partial charge in [0.25, 0.3) is 0 Å². The minimum absolute atomic E-state index is 0.0509. The van der Waals surface area contributed by atoms with Crippen LogP contribution in [0.2, 0.25) is 0 Å². The normalized spacial score (nSPS) is 37.5. The van der Waals surface area contributed by atoms with Gasteiger partial charge in [0.15, 0.2) is 0 Å². The predicted molar refractivity (Wildman–Crippen MR) is 89.5 cm³/mol. The maximum atomic E-state index is 12.9. The molecule has 0 spiro atoms. The predicted octanol–water partition coefficient (Wildman–Crippen LogP) is 2.23. The number of rotatable bonds is 3. The van der Waals surface area contributed by atoms with Crippen molar-refractivity contribution in [2.24, 2.45) is 17.6 Å². The maximum absolute atomic E-state index is 12.9. The standard InChI is InChI=1S/C18H33N3O/c1-18(19)9-4-3-7-16(18)17(22)21-12-8-15(14-21)13-20-10-5-2-6-11-20/h15-16H,2-14,19H2,1H3. The van der Waals surface area contributed by atoms with E-state index >= 15 is 0 Å². The van der Waals surface area contributed by atoms with Crippen molar-refractivity contribution in [2.45, 2.75) is 63.8 Å². The van der Waals surface area contributed by atoms with Gasteiger partial charge >= 0.3 is 0 Å². The molecule has 1 amide bonds. The minimum Gasteiger partial charge on any atom is -0.342 e. The number of hydrogen-bond donors (Lipinski definition) is 1. The smallest absolute Gasteiger partial charge is 0.227 e. The summed E-state index contributed by atoms with van der Waals surface area (Å²) in [4.78, 5) is 17.6. The van der Waals surface area contributed by atoms with E-state index in [4.69, 9.17) is 5.73 Å². The molecular weight excluding hydrogens is 274 g/mol. The van der Waals surface area contributed by atoms with Gasteiger partial charge in [0.2, 0.25) is 5.91 Å². The molecule has 4 nitrogen and oxygen atoms in total. The topological polar surface area (TPSA) is 49.6 Å². The van der Waals surface area contributed by atoms with Crippen LogP contribution in [0.4, 0.5) is 0 Å². The summed E-state index contributed by atoms with van der Waals surface area (Å²) in [6, 6.07) is 0. The van der Waals surface area contributed by atoms with E-state index in [0.717, 1.165) is 32.4 Å². The molecule has 2 saturated heterocycles. The van der Waals surface area contributed by atoms with Gasteiger partial charge in [0, 0.05) is 25.2 Å². The van der Waals surface area contributed by atoms with Crippen LogP contribution >= 0.6 is 0 Å². The SMILES string of the molecule is CC1(N)CCCCC1C(=O)N1CCC(CN2CCCCC2)C1. The molecule has 3 unspecified atom stereocenters. The van der Waals surface area contributed by atoms with Crippen LogP contribution in [0, 0.1) is 11.8 Å². The zero-order valence-electron chi connectivity index (χ0n) is 14.2. The third-order valence-electron chi connectivity index (χ3n) is 6.11. The highest BCUT2D eigenvalue weighted by Gasteiger charge is 2.41. The van der Waals surface area contributed by atoms with Crippen molar-refractivity contribution in [3.05, 3.63) is 0 Å². The fourth-order valence-corrected chi connectivity index (χ4v) is 4.67. The van der Waals surface area contributed by atoms with Crippen molar-refractivity contribution >= 4 is 5.91 Å². The highest BCUT2D eigenvalue weighted by molar-refractivity contribution is 5.80. The van der Waals surface area contributed by atoms with Crippen LogP contribution < -0.4 is 5.73 Å². The molecule has 22 heavy (non-hydrogen) atoms. The fourth-order valence-electron chi connectivity index (χ4n) is 4.67. The third kappa shape index (κ3) is 3.65. The second-order valence-corrected chi connectivity index (χ2v) is 8.10. The first-order chi connectivity index (χ1) is 10.6. The van der Waals surface area contributed by atoms with E-state index < -0.39 is 0 Å². The Morgan fingerprint density at radius 1 is 1.09 bits per heavy atom. The van der Waals surface area contributed by atoms with Gasteiger partial charge in [-0.1, -0.05) is 19.3 Å². The lowest BCUT2D eigenvalue weighted by molar-refractivity contribution is -0.138. The van der Waals surface area contributed by atoms with E-state index in [1.165, 1.54) is 51.7 Å². The summed E-state index contributed by atoms with van der Waals surface area (Å²) in [5.41, 5.74) is 6.13. The molecule has 126 valence electrons. The molecule has 1 saturated carbocycles. The molecule has 2 heterocycles. The highest BCUT2D eigenvalue weighted by Crippen LogP contribution is 2.34. The maximum Gasteiger partial charge on any atom is 0.227 e. The van der Waals surface area contributed by atoms with E-state index in [1.54, 1.807) is 0 Å². The second kappa shape index (κ2) is 6.88. The van der Waals surface area contributed by atoms with Gasteiger partial charge in [-0.15, -0.1) is 0 Å². The van der Waals surface area contributed by atoms with Crippen LogP contribution in [0.1, 0.15) is 58.3 Å². The summed E-state index contributed by atoms with van der Waals surface area (Å²) in [6.45, 7) is 7.69. The Morgan fingerprint density at radius 3 is 2.59 bits per heavy atom. The number of amides is 1. The quantitative estimate of drug-likeness (QED) is 0.870. The lowest BCUT2D eigenvalue weighted by atomic mass is 9.74. The number of piperidine rings is 1. The Kier molecular flexibility index (Phi) is 5.08. The number of nitrogens with two attached hydrogens (primary N) is 1. The molecule has 2 aliphatic heterocycles. The average molecular weight is 307 g/mol. The summed E-state index contributed by atoms with van der Waals surface area (Å²) < 4.78 is 0. The Hall–Kier alpha value is -0.610. The molecule has 3 aliphatic rings. The summed E-state index contributed by atoms with van der Waals surface area (Å²) in [5, 5.41) is 0. The van der Waals surface area contributed by atoms with Crippen LogP contribution in [0.5, 0.6) is 0 Å². The van der Waals surface area contributed by atoms with Gasteiger partial charge in [-0.2, -0.15) is 0 Å². The summed E-state index contributed by atoms with van der Waals surface area (Å²) in [6.07, 6.45) is 9.58. The first kappa shape index (κ1) is 16.3. The fraction of sp³-hybridized carbons (Fsp3) is 0.944.